The zero-order valence-corrected chi connectivity index (χ0v) is 11.7. The van der Waals surface area contributed by atoms with Gasteiger partial charge in [0, 0.05) is 20.3 Å². The van der Waals surface area contributed by atoms with Crippen LogP contribution in [0.5, 0.6) is 0 Å². The molecular formula is C12H18ClN3O3. The van der Waals surface area contributed by atoms with Crippen LogP contribution in [0.4, 0.5) is 0 Å². The molecule has 0 spiro atoms. The summed E-state index contributed by atoms with van der Waals surface area (Å²) in [7, 11) is 1.64. The second-order valence-corrected chi connectivity index (χ2v) is 4.18. The third kappa shape index (κ3) is 7.05. The van der Waals surface area contributed by atoms with Crippen LogP contribution >= 0.6 is 11.6 Å². The summed E-state index contributed by atoms with van der Waals surface area (Å²) in [5.74, 6) is -0.268. The fourth-order valence-corrected chi connectivity index (χ4v) is 1.46. The summed E-state index contributed by atoms with van der Waals surface area (Å²) < 4.78 is 10.2. The van der Waals surface area contributed by atoms with E-state index in [-0.39, 0.29) is 16.8 Å². The van der Waals surface area contributed by atoms with Gasteiger partial charge in [0.05, 0.1) is 25.6 Å². The lowest BCUT2D eigenvalue weighted by Gasteiger charge is -2.05. The zero-order chi connectivity index (χ0) is 13.9. The predicted molar refractivity (Wildman–Crippen MR) is 71.3 cm³/mol. The van der Waals surface area contributed by atoms with E-state index >= 15 is 0 Å². The number of methoxy groups -OCH3 is 1. The van der Waals surface area contributed by atoms with Gasteiger partial charge < -0.3 is 14.8 Å². The van der Waals surface area contributed by atoms with E-state index in [2.05, 4.69) is 15.3 Å². The molecule has 1 amide bonds. The van der Waals surface area contributed by atoms with Gasteiger partial charge in [-0.15, -0.1) is 0 Å². The van der Waals surface area contributed by atoms with Crippen molar-refractivity contribution in [2.24, 2.45) is 0 Å². The normalized spacial score (nSPS) is 10.4. The molecule has 1 heterocycles. The van der Waals surface area contributed by atoms with Gasteiger partial charge in [-0.05, 0) is 12.8 Å². The summed E-state index contributed by atoms with van der Waals surface area (Å²) in [4.78, 5) is 19.3. The van der Waals surface area contributed by atoms with Crippen LogP contribution < -0.4 is 5.32 Å². The van der Waals surface area contributed by atoms with Gasteiger partial charge in [0.25, 0.3) is 5.91 Å². The van der Waals surface area contributed by atoms with Gasteiger partial charge in [0.1, 0.15) is 10.8 Å². The molecule has 0 unspecified atom stereocenters. The van der Waals surface area contributed by atoms with Crippen molar-refractivity contribution in [1.29, 1.82) is 0 Å². The van der Waals surface area contributed by atoms with E-state index in [1.165, 1.54) is 12.4 Å². The predicted octanol–water partition coefficient (Wildman–Crippen LogP) is 1.30. The van der Waals surface area contributed by atoms with E-state index in [1.807, 2.05) is 0 Å². The summed E-state index contributed by atoms with van der Waals surface area (Å²) in [6.45, 7) is 2.43. The van der Waals surface area contributed by atoms with Crippen molar-refractivity contribution in [1.82, 2.24) is 15.3 Å². The van der Waals surface area contributed by atoms with Gasteiger partial charge in [0.2, 0.25) is 0 Å². The molecule has 1 aromatic heterocycles. The minimum Gasteiger partial charge on any atom is -0.382 e. The first kappa shape index (κ1) is 15.8. The molecule has 1 aromatic rings. The minimum atomic E-state index is -0.268. The van der Waals surface area contributed by atoms with Gasteiger partial charge in [-0.1, -0.05) is 11.6 Å². The van der Waals surface area contributed by atoms with Gasteiger partial charge >= 0.3 is 0 Å². The molecule has 1 N–H and O–H groups in total. The van der Waals surface area contributed by atoms with Crippen LogP contribution in [0.3, 0.4) is 0 Å². The van der Waals surface area contributed by atoms with E-state index < -0.39 is 0 Å². The Hall–Kier alpha value is -1.24. The highest BCUT2D eigenvalue weighted by molar-refractivity contribution is 6.29. The molecule has 6 nitrogen and oxygen atoms in total. The number of aromatic nitrogens is 2. The van der Waals surface area contributed by atoms with Gasteiger partial charge in [-0.3, -0.25) is 9.78 Å². The Bertz CT molecular complexity index is 390. The summed E-state index contributed by atoms with van der Waals surface area (Å²) in [5.41, 5.74) is 0.226. The molecule has 0 aliphatic carbocycles. The molecule has 19 heavy (non-hydrogen) atoms. The zero-order valence-electron chi connectivity index (χ0n) is 10.9. The maximum absolute atomic E-state index is 11.7. The monoisotopic (exact) mass is 287 g/mol. The highest BCUT2D eigenvalue weighted by Crippen LogP contribution is 2.02. The topological polar surface area (TPSA) is 73.3 Å². The second kappa shape index (κ2) is 9.66. The fraction of sp³-hybridized carbons (Fsp3) is 0.583. The first-order chi connectivity index (χ1) is 9.24. The number of halogens is 1. The number of hydrogen-bond acceptors (Lipinski definition) is 5. The first-order valence-electron chi connectivity index (χ1n) is 6.06. The molecule has 0 atom stereocenters. The van der Waals surface area contributed by atoms with Crippen LogP contribution in [0, 0.1) is 0 Å². The average molecular weight is 288 g/mol. The summed E-state index contributed by atoms with van der Waals surface area (Å²) in [6, 6.07) is 0. The lowest BCUT2D eigenvalue weighted by molar-refractivity contribution is 0.0686. The highest BCUT2D eigenvalue weighted by Gasteiger charge is 2.07. The molecule has 0 saturated heterocycles. The van der Waals surface area contributed by atoms with E-state index in [0.717, 1.165) is 12.8 Å². The standard InChI is InChI=1S/C12H18ClN3O3/c1-18-6-7-19-5-3-2-4-15-12(17)10-8-14-9-11(13)16-10/h8-9H,2-7H2,1H3,(H,15,17). The Labute approximate surface area is 117 Å². The average Bonchev–Trinajstić information content (AvgIpc) is 2.41. The summed E-state index contributed by atoms with van der Waals surface area (Å²) in [5, 5.41) is 2.96. The summed E-state index contributed by atoms with van der Waals surface area (Å²) >= 11 is 5.65. The second-order valence-electron chi connectivity index (χ2n) is 3.80. The molecule has 0 fully saturated rings. The molecular weight excluding hydrogens is 270 g/mol. The molecule has 7 heteroatoms. The van der Waals surface area contributed by atoms with Crippen molar-refractivity contribution in [3.8, 4) is 0 Å². The number of amides is 1. The smallest absolute Gasteiger partial charge is 0.271 e. The Morgan fingerprint density at radius 3 is 2.89 bits per heavy atom. The molecule has 106 valence electrons. The van der Waals surface area contributed by atoms with E-state index in [4.69, 9.17) is 21.1 Å². The van der Waals surface area contributed by atoms with Gasteiger partial charge in [0.15, 0.2) is 0 Å². The number of carbonyl (C=O) groups is 1. The van der Waals surface area contributed by atoms with Crippen molar-refractivity contribution in [3.05, 3.63) is 23.2 Å². The van der Waals surface area contributed by atoms with Crippen LogP contribution in [0.15, 0.2) is 12.4 Å². The molecule has 0 aliphatic rings. The summed E-state index contributed by atoms with van der Waals surface area (Å²) in [6.07, 6.45) is 4.49. The maximum Gasteiger partial charge on any atom is 0.271 e. The molecule has 0 aromatic carbocycles. The van der Waals surface area contributed by atoms with Crippen LogP contribution in [0.25, 0.3) is 0 Å². The number of rotatable bonds is 9. The van der Waals surface area contributed by atoms with Gasteiger partial charge in [-0.2, -0.15) is 0 Å². The first-order valence-corrected chi connectivity index (χ1v) is 6.44. The number of nitrogens with one attached hydrogen (secondary N) is 1. The third-order valence-corrected chi connectivity index (χ3v) is 2.45. The van der Waals surface area contributed by atoms with Crippen LogP contribution in [-0.4, -0.2) is 49.4 Å². The van der Waals surface area contributed by atoms with Crippen LogP contribution in [-0.2, 0) is 9.47 Å². The van der Waals surface area contributed by atoms with Crippen LogP contribution in [0.2, 0.25) is 5.15 Å². The Balaban J connectivity index is 2.08. The maximum atomic E-state index is 11.7. The Morgan fingerprint density at radius 1 is 1.32 bits per heavy atom. The number of ether oxygens (including phenoxy) is 2. The fourth-order valence-electron chi connectivity index (χ4n) is 1.32. The Kier molecular flexibility index (Phi) is 8.04. The largest absolute Gasteiger partial charge is 0.382 e. The number of carbonyl (C=O) groups excluding carboxylic acids is 1. The van der Waals surface area contributed by atoms with E-state index in [1.54, 1.807) is 7.11 Å². The lowest BCUT2D eigenvalue weighted by Crippen LogP contribution is -2.25. The van der Waals surface area contributed by atoms with E-state index in [0.29, 0.717) is 26.4 Å². The van der Waals surface area contributed by atoms with Crippen LogP contribution in [0.1, 0.15) is 23.3 Å². The van der Waals surface area contributed by atoms with Crippen molar-refractivity contribution in [2.45, 2.75) is 12.8 Å². The number of unbranched alkanes of at least 4 members (excludes halogenated alkanes) is 1. The lowest BCUT2D eigenvalue weighted by atomic mass is 10.3. The SMILES string of the molecule is COCCOCCCCNC(=O)c1cncc(Cl)n1. The third-order valence-electron chi connectivity index (χ3n) is 2.27. The van der Waals surface area contributed by atoms with Crippen molar-refractivity contribution >= 4 is 17.5 Å². The van der Waals surface area contributed by atoms with Crippen molar-refractivity contribution in [2.75, 3.05) is 33.5 Å². The Morgan fingerprint density at radius 2 is 2.16 bits per heavy atom. The number of hydrogen-bond donors (Lipinski definition) is 1. The highest BCUT2D eigenvalue weighted by atomic mass is 35.5. The molecule has 0 radical (unpaired) electrons. The van der Waals surface area contributed by atoms with Crippen molar-refractivity contribution < 1.29 is 14.3 Å². The quantitative estimate of drug-likeness (QED) is 0.693. The molecule has 0 aliphatic heterocycles. The molecule has 0 saturated carbocycles. The molecule has 1 rings (SSSR count). The number of nitrogens with zero attached hydrogens (tertiary/aromatic N) is 2. The van der Waals surface area contributed by atoms with E-state index in [9.17, 15) is 4.79 Å². The minimum absolute atomic E-state index is 0.208. The van der Waals surface area contributed by atoms with Gasteiger partial charge in [-0.25, -0.2) is 4.98 Å². The van der Waals surface area contributed by atoms with Crippen molar-refractivity contribution in [3.63, 3.8) is 0 Å². The molecule has 0 bridgehead atoms.